The Morgan fingerprint density at radius 3 is 2.73 bits per heavy atom. The first-order valence-electron chi connectivity index (χ1n) is 6.59. The molecule has 22 heavy (non-hydrogen) atoms. The molecule has 1 saturated heterocycles. The van der Waals surface area contributed by atoms with E-state index in [1.165, 1.54) is 0 Å². The van der Waals surface area contributed by atoms with E-state index in [2.05, 4.69) is 10.0 Å². The van der Waals surface area contributed by atoms with Gasteiger partial charge in [0.2, 0.25) is 10.0 Å². The van der Waals surface area contributed by atoms with Crippen molar-refractivity contribution in [3.8, 4) is 0 Å². The van der Waals surface area contributed by atoms with E-state index >= 15 is 0 Å². The molecule has 0 spiro atoms. The monoisotopic (exact) mass is 388 g/mol. The summed E-state index contributed by atoms with van der Waals surface area (Å²) < 4.78 is 30.8. The van der Waals surface area contributed by atoms with Gasteiger partial charge in [-0.1, -0.05) is 29.3 Å². The molecule has 2 N–H and O–H groups in total. The van der Waals surface area contributed by atoms with Gasteiger partial charge in [-0.2, -0.15) is 0 Å². The van der Waals surface area contributed by atoms with Crippen LogP contribution in [0.2, 0.25) is 10.0 Å². The number of ether oxygens (including phenoxy) is 1. The minimum Gasteiger partial charge on any atom is -0.375 e. The van der Waals surface area contributed by atoms with Crippen molar-refractivity contribution < 1.29 is 13.2 Å². The summed E-state index contributed by atoms with van der Waals surface area (Å²) in [4.78, 5) is 0. The van der Waals surface area contributed by atoms with Crippen molar-refractivity contribution >= 4 is 45.6 Å². The van der Waals surface area contributed by atoms with E-state index in [9.17, 15) is 8.42 Å². The topological polar surface area (TPSA) is 67.4 Å². The minimum atomic E-state index is -3.25. The summed E-state index contributed by atoms with van der Waals surface area (Å²) in [5.74, 6) is -0.00323. The van der Waals surface area contributed by atoms with Crippen LogP contribution in [0.1, 0.15) is 11.5 Å². The number of halogens is 3. The van der Waals surface area contributed by atoms with Gasteiger partial charge in [-0.25, -0.2) is 13.1 Å². The first-order valence-corrected chi connectivity index (χ1v) is 9.23. The second-order valence-electron chi connectivity index (χ2n) is 5.01. The van der Waals surface area contributed by atoms with Gasteiger partial charge in [0.15, 0.2) is 0 Å². The summed E-state index contributed by atoms with van der Waals surface area (Å²) in [6, 6.07) is 5.44. The van der Waals surface area contributed by atoms with Crippen LogP contribution in [0.15, 0.2) is 18.2 Å². The molecule has 2 atom stereocenters. The minimum absolute atomic E-state index is 0. The molecule has 1 aromatic carbocycles. The summed E-state index contributed by atoms with van der Waals surface area (Å²) in [5, 5.41) is 4.25. The lowest BCUT2D eigenvalue weighted by atomic mass is 9.93. The normalized spacial score (nSPS) is 22.7. The lowest BCUT2D eigenvalue weighted by Gasteiger charge is -2.25. The zero-order valence-corrected chi connectivity index (χ0v) is 15.2. The Kier molecular flexibility index (Phi) is 7.88. The van der Waals surface area contributed by atoms with Crippen LogP contribution in [0.25, 0.3) is 0 Å². The molecule has 1 aliphatic rings. The largest absolute Gasteiger partial charge is 0.375 e. The third kappa shape index (κ3) is 5.85. The first-order chi connectivity index (χ1) is 9.87. The van der Waals surface area contributed by atoms with Crippen LogP contribution >= 0.6 is 35.6 Å². The standard InChI is InChI=1S/C13H18Cl2N2O3S.ClH/c1-21(18,19)17-8-13-10(7-16-4-5-20-13)9-2-3-11(14)12(15)6-9;/h2-3,6,10,13,16-17H,4-5,7-8H2,1H3;1H/t10-,13+;/m0./s1. The Labute approximate surface area is 147 Å². The van der Waals surface area contributed by atoms with Crippen LogP contribution in [0.5, 0.6) is 0 Å². The second kappa shape index (κ2) is 8.68. The molecule has 5 nitrogen and oxygen atoms in total. The van der Waals surface area contributed by atoms with E-state index in [-0.39, 0.29) is 31.0 Å². The highest BCUT2D eigenvalue weighted by atomic mass is 35.5. The fourth-order valence-electron chi connectivity index (χ4n) is 2.30. The Morgan fingerprint density at radius 1 is 1.36 bits per heavy atom. The zero-order valence-electron chi connectivity index (χ0n) is 12.0. The maximum absolute atomic E-state index is 11.3. The maximum atomic E-state index is 11.3. The number of nitrogens with one attached hydrogen (secondary N) is 2. The van der Waals surface area contributed by atoms with Gasteiger partial charge in [-0.3, -0.25) is 0 Å². The molecular formula is C13H19Cl3N2O3S. The molecule has 9 heteroatoms. The van der Waals surface area contributed by atoms with Crippen molar-refractivity contribution in [2.45, 2.75) is 12.0 Å². The number of rotatable bonds is 4. The molecule has 1 fully saturated rings. The fourth-order valence-corrected chi connectivity index (χ4v) is 3.07. The number of hydrogen-bond donors (Lipinski definition) is 2. The predicted octanol–water partition coefficient (Wildman–Crippen LogP) is 2.04. The van der Waals surface area contributed by atoms with Crippen LogP contribution in [0.4, 0.5) is 0 Å². The quantitative estimate of drug-likeness (QED) is 0.827. The van der Waals surface area contributed by atoms with Crippen LogP contribution in [-0.2, 0) is 14.8 Å². The van der Waals surface area contributed by atoms with E-state index in [1.807, 2.05) is 6.07 Å². The molecule has 1 heterocycles. The Hall–Kier alpha value is -0.0800. The van der Waals surface area contributed by atoms with Crippen LogP contribution < -0.4 is 10.0 Å². The van der Waals surface area contributed by atoms with E-state index in [0.29, 0.717) is 23.2 Å². The van der Waals surface area contributed by atoms with Gasteiger partial charge in [0.1, 0.15) is 0 Å². The maximum Gasteiger partial charge on any atom is 0.208 e. The van der Waals surface area contributed by atoms with Gasteiger partial charge in [-0.05, 0) is 17.7 Å². The summed E-state index contributed by atoms with van der Waals surface area (Å²) >= 11 is 12.0. The van der Waals surface area contributed by atoms with Crippen molar-refractivity contribution in [2.75, 3.05) is 32.5 Å². The Morgan fingerprint density at radius 2 is 2.09 bits per heavy atom. The second-order valence-corrected chi connectivity index (χ2v) is 7.66. The molecule has 126 valence electrons. The predicted molar refractivity (Wildman–Crippen MR) is 91.9 cm³/mol. The number of sulfonamides is 1. The molecule has 0 aliphatic carbocycles. The highest BCUT2D eigenvalue weighted by Gasteiger charge is 2.27. The molecule has 2 rings (SSSR count). The van der Waals surface area contributed by atoms with Crippen LogP contribution in [-0.4, -0.2) is 47.0 Å². The van der Waals surface area contributed by atoms with E-state index in [1.54, 1.807) is 12.1 Å². The lowest BCUT2D eigenvalue weighted by Crippen LogP contribution is -2.38. The SMILES string of the molecule is CS(=O)(=O)NC[C@H]1OCCNC[C@H]1c1ccc(Cl)c(Cl)c1.Cl. The van der Waals surface area contributed by atoms with Gasteiger partial charge in [0.05, 0.1) is 29.0 Å². The van der Waals surface area contributed by atoms with Crippen molar-refractivity contribution in [2.24, 2.45) is 0 Å². The van der Waals surface area contributed by atoms with Crippen LogP contribution in [0, 0.1) is 0 Å². The summed E-state index contributed by atoms with van der Waals surface area (Å²) in [5.41, 5.74) is 0.971. The van der Waals surface area contributed by atoms with Crippen molar-refractivity contribution in [1.29, 1.82) is 0 Å². The average molecular weight is 390 g/mol. The molecule has 0 amide bonds. The van der Waals surface area contributed by atoms with Crippen molar-refractivity contribution in [3.63, 3.8) is 0 Å². The van der Waals surface area contributed by atoms with Gasteiger partial charge in [0.25, 0.3) is 0 Å². The van der Waals surface area contributed by atoms with Crippen LogP contribution in [0.3, 0.4) is 0 Å². The molecule has 0 saturated carbocycles. The molecule has 1 aromatic rings. The van der Waals surface area contributed by atoms with Gasteiger partial charge in [0, 0.05) is 25.6 Å². The van der Waals surface area contributed by atoms with Gasteiger partial charge in [-0.15, -0.1) is 12.4 Å². The highest BCUT2D eigenvalue weighted by Crippen LogP contribution is 2.29. The van der Waals surface area contributed by atoms with Crippen molar-refractivity contribution in [3.05, 3.63) is 33.8 Å². The number of benzene rings is 1. The Bertz CT molecular complexity index is 598. The molecule has 1 aliphatic heterocycles. The lowest BCUT2D eigenvalue weighted by molar-refractivity contribution is 0.0560. The van der Waals surface area contributed by atoms with Crippen molar-refractivity contribution in [1.82, 2.24) is 10.0 Å². The van der Waals surface area contributed by atoms with E-state index in [4.69, 9.17) is 27.9 Å². The summed E-state index contributed by atoms with van der Waals surface area (Å²) in [7, 11) is -3.25. The van der Waals surface area contributed by atoms with Gasteiger partial charge < -0.3 is 10.1 Å². The molecule has 0 radical (unpaired) electrons. The summed E-state index contributed by atoms with van der Waals surface area (Å²) in [6.07, 6.45) is 0.878. The van der Waals surface area contributed by atoms with Gasteiger partial charge >= 0.3 is 0 Å². The summed E-state index contributed by atoms with van der Waals surface area (Å²) in [6.45, 7) is 2.18. The average Bonchev–Trinajstić information content (AvgIpc) is 2.64. The van der Waals surface area contributed by atoms with E-state index in [0.717, 1.165) is 18.4 Å². The molecule has 0 aromatic heterocycles. The zero-order chi connectivity index (χ0) is 15.5. The number of hydrogen-bond acceptors (Lipinski definition) is 4. The Balaban J connectivity index is 0.00000242. The molecular weight excluding hydrogens is 371 g/mol. The first kappa shape index (κ1) is 20.0. The third-order valence-electron chi connectivity index (χ3n) is 3.34. The van der Waals surface area contributed by atoms with E-state index < -0.39 is 10.0 Å². The fraction of sp³-hybridized carbons (Fsp3) is 0.538. The third-order valence-corrected chi connectivity index (χ3v) is 4.77. The molecule has 0 unspecified atom stereocenters. The smallest absolute Gasteiger partial charge is 0.208 e. The highest BCUT2D eigenvalue weighted by molar-refractivity contribution is 7.88. The molecule has 0 bridgehead atoms.